The van der Waals surface area contributed by atoms with Crippen molar-refractivity contribution in [1.82, 2.24) is 0 Å². The van der Waals surface area contributed by atoms with Crippen molar-refractivity contribution in [2.75, 3.05) is 0 Å². The van der Waals surface area contributed by atoms with Crippen molar-refractivity contribution in [3.8, 4) is 11.5 Å². The Morgan fingerprint density at radius 3 is 1.19 bits per heavy atom. The molecule has 0 atom stereocenters. The van der Waals surface area contributed by atoms with Gasteiger partial charge in [-0.05, 0) is 46.6 Å². The van der Waals surface area contributed by atoms with Crippen LogP contribution in [0.4, 0.5) is 0 Å². The van der Waals surface area contributed by atoms with Gasteiger partial charge in [0.15, 0.2) is 0 Å². The summed E-state index contributed by atoms with van der Waals surface area (Å²) in [6.45, 7) is 22.1. The minimum Gasteiger partial charge on any atom is -0.506 e. The van der Waals surface area contributed by atoms with E-state index in [0.717, 1.165) is 33.8 Å². The van der Waals surface area contributed by atoms with Crippen LogP contribution in [0.15, 0.2) is 46.2 Å². The van der Waals surface area contributed by atoms with E-state index >= 15 is 0 Å². The van der Waals surface area contributed by atoms with Crippen molar-refractivity contribution in [3.63, 3.8) is 0 Å². The first-order chi connectivity index (χ1) is 13.9. The van der Waals surface area contributed by atoms with Gasteiger partial charge < -0.3 is 10.2 Å². The summed E-state index contributed by atoms with van der Waals surface area (Å²) in [5, 5.41) is 22.3. The van der Waals surface area contributed by atoms with Crippen molar-refractivity contribution in [1.29, 1.82) is 0 Å². The van der Waals surface area contributed by atoms with Crippen molar-refractivity contribution in [2.24, 2.45) is 10.8 Å². The van der Waals surface area contributed by atoms with Crippen LogP contribution >= 0.6 is 11.8 Å². The van der Waals surface area contributed by atoms with Crippen LogP contribution in [-0.2, 0) is 10.8 Å². The average Bonchev–Trinajstić information content (AvgIpc) is 2.53. The van der Waals surface area contributed by atoms with Gasteiger partial charge in [-0.3, -0.25) is 0 Å². The lowest BCUT2D eigenvalue weighted by atomic mass is 9.72. The van der Waals surface area contributed by atoms with Gasteiger partial charge in [-0.15, -0.1) is 0 Å². The molecule has 2 aromatic rings. The highest BCUT2D eigenvalue weighted by molar-refractivity contribution is 7.99. The molecular weight excluding hydrogens is 400 g/mol. The summed E-state index contributed by atoms with van der Waals surface area (Å²) in [6, 6.07) is 11.9. The number of phenolic OH excluding ortho intramolecular Hbond substituents is 2. The van der Waals surface area contributed by atoms with Gasteiger partial charge >= 0.3 is 0 Å². The predicted octanol–water partition coefficient (Wildman–Crippen LogP) is 8.68. The summed E-state index contributed by atoms with van der Waals surface area (Å²) in [6.07, 6.45) is 1.92. The third-order valence-corrected chi connectivity index (χ3v) is 6.72. The fourth-order valence-corrected chi connectivity index (χ4v) is 6.21. The molecule has 2 nitrogen and oxygen atoms in total. The zero-order valence-corrected chi connectivity index (χ0v) is 22.0. The lowest BCUT2D eigenvalue weighted by molar-refractivity contribution is 0.277. The molecule has 0 bridgehead atoms. The van der Waals surface area contributed by atoms with E-state index < -0.39 is 0 Å². The summed E-state index contributed by atoms with van der Waals surface area (Å²) < 4.78 is 0. The number of benzene rings is 2. The first kappa shape index (κ1) is 25.6. The van der Waals surface area contributed by atoms with Crippen LogP contribution in [0.3, 0.4) is 0 Å². The molecule has 0 amide bonds. The Kier molecular flexibility index (Phi) is 7.22. The van der Waals surface area contributed by atoms with Gasteiger partial charge in [0.1, 0.15) is 11.5 Å². The molecule has 0 heterocycles. The van der Waals surface area contributed by atoms with Crippen LogP contribution in [0.1, 0.15) is 93.2 Å². The molecule has 2 rings (SSSR count). The van der Waals surface area contributed by atoms with Gasteiger partial charge in [0.05, 0.1) is 9.79 Å². The first-order valence-corrected chi connectivity index (χ1v) is 12.1. The molecule has 31 heavy (non-hydrogen) atoms. The summed E-state index contributed by atoms with van der Waals surface area (Å²) in [5.74, 6) is 0.640. The molecule has 3 heteroatoms. The fraction of sp³-hybridized carbons (Fsp3) is 0.571. The Morgan fingerprint density at radius 2 is 0.903 bits per heavy atom. The first-order valence-electron chi connectivity index (χ1n) is 11.3. The third kappa shape index (κ3) is 6.68. The molecule has 0 aromatic heterocycles. The second-order valence-electron chi connectivity index (χ2n) is 12.6. The molecule has 0 saturated carbocycles. The maximum absolute atomic E-state index is 11.2. The van der Waals surface area contributed by atoms with Crippen LogP contribution in [0.5, 0.6) is 11.5 Å². The van der Waals surface area contributed by atoms with Crippen molar-refractivity contribution >= 4 is 11.8 Å². The molecule has 0 aliphatic heterocycles. The maximum atomic E-state index is 11.2. The van der Waals surface area contributed by atoms with Gasteiger partial charge in [-0.1, -0.05) is 105 Å². The normalized spacial score (nSPS) is 13.5. The zero-order valence-electron chi connectivity index (χ0n) is 21.2. The molecule has 0 radical (unpaired) electrons. The fourth-order valence-electron chi connectivity index (χ4n) is 5.26. The number of rotatable bonds is 6. The number of hydrogen-bond donors (Lipinski definition) is 2. The quantitative estimate of drug-likeness (QED) is 0.470. The van der Waals surface area contributed by atoms with Crippen LogP contribution in [0.2, 0.25) is 0 Å². The lowest BCUT2D eigenvalue weighted by Gasteiger charge is -2.34. The van der Waals surface area contributed by atoms with E-state index in [4.69, 9.17) is 0 Å². The third-order valence-electron chi connectivity index (χ3n) is 5.62. The average molecular weight is 443 g/mol. The molecule has 2 aromatic carbocycles. The van der Waals surface area contributed by atoms with Crippen molar-refractivity contribution in [2.45, 2.75) is 103 Å². The summed E-state index contributed by atoms with van der Waals surface area (Å²) in [7, 11) is 0. The minimum absolute atomic E-state index is 0.155. The highest BCUT2D eigenvalue weighted by Crippen LogP contribution is 2.48. The molecule has 0 aliphatic carbocycles. The Labute approximate surface area is 194 Å². The van der Waals surface area contributed by atoms with E-state index in [1.807, 2.05) is 36.4 Å². The molecule has 2 N–H and O–H groups in total. The Balaban J connectivity index is 2.43. The minimum atomic E-state index is -0.155. The van der Waals surface area contributed by atoms with Gasteiger partial charge in [0.2, 0.25) is 0 Å². The van der Waals surface area contributed by atoms with Gasteiger partial charge in [0, 0.05) is 11.1 Å². The van der Waals surface area contributed by atoms with Gasteiger partial charge in [-0.25, -0.2) is 0 Å². The van der Waals surface area contributed by atoms with Gasteiger partial charge in [-0.2, -0.15) is 0 Å². The van der Waals surface area contributed by atoms with E-state index in [1.165, 1.54) is 11.8 Å². The lowest BCUT2D eigenvalue weighted by Crippen LogP contribution is -2.25. The summed E-state index contributed by atoms with van der Waals surface area (Å²) in [4.78, 5) is 1.56. The predicted molar refractivity (Wildman–Crippen MR) is 135 cm³/mol. The van der Waals surface area contributed by atoms with E-state index in [0.29, 0.717) is 11.5 Å². The Hall–Kier alpha value is -1.61. The highest BCUT2D eigenvalue weighted by Gasteiger charge is 2.32. The Bertz CT molecular complexity index is 836. The molecule has 0 unspecified atom stereocenters. The topological polar surface area (TPSA) is 40.5 Å². The summed E-state index contributed by atoms with van der Waals surface area (Å²) in [5.41, 5.74) is 1.91. The van der Waals surface area contributed by atoms with Crippen molar-refractivity contribution < 1.29 is 10.2 Å². The number of hydrogen-bond acceptors (Lipinski definition) is 3. The standard InChI is InChI=1S/C28H42O2S/c1-25(2,3)17-27(7,8)19-13-11-15-21(23(19)29)31-22-16-12-14-20(24(22)30)28(9,10)18-26(4,5)6/h11-16,29-30H,17-18H2,1-10H3. The molecule has 0 spiro atoms. The summed E-state index contributed by atoms with van der Waals surface area (Å²) >= 11 is 1.44. The van der Waals surface area contributed by atoms with Crippen LogP contribution < -0.4 is 0 Å². The van der Waals surface area contributed by atoms with Crippen LogP contribution in [0.25, 0.3) is 0 Å². The molecule has 0 fully saturated rings. The molecule has 0 saturated heterocycles. The van der Waals surface area contributed by atoms with E-state index in [9.17, 15) is 10.2 Å². The second kappa shape index (κ2) is 8.73. The number of aromatic hydroxyl groups is 2. The van der Waals surface area contributed by atoms with Crippen LogP contribution in [-0.4, -0.2) is 10.2 Å². The smallest absolute Gasteiger partial charge is 0.133 e. The molecule has 172 valence electrons. The van der Waals surface area contributed by atoms with Gasteiger partial charge in [0.25, 0.3) is 0 Å². The number of phenols is 2. The largest absolute Gasteiger partial charge is 0.506 e. The molecular formula is C28H42O2S. The zero-order chi connectivity index (χ0) is 23.8. The SMILES string of the molecule is CC(C)(C)CC(C)(C)c1cccc(Sc2cccc(C(C)(C)CC(C)(C)C)c2O)c1O. The van der Waals surface area contributed by atoms with Crippen molar-refractivity contribution in [3.05, 3.63) is 47.5 Å². The monoisotopic (exact) mass is 442 g/mol. The number of para-hydroxylation sites is 2. The Morgan fingerprint density at radius 1 is 0.581 bits per heavy atom. The van der Waals surface area contributed by atoms with Crippen LogP contribution in [0, 0.1) is 10.8 Å². The molecule has 0 aliphatic rings. The highest BCUT2D eigenvalue weighted by atomic mass is 32.2. The maximum Gasteiger partial charge on any atom is 0.133 e. The van der Waals surface area contributed by atoms with E-state index in [2.05, 4.69) is 69.2 Å². The van der Waals surface area contributed by atoms with E-state index in [1.54, 1.807) is 0 Å². The van der Waals surface area contributed by atoms with E-state index in [-0.39, 0.29) is 21.7 Å². The second-order valence-corrected chi connectivity index (χ2v) is 13.7.